The van der Waals surface area contributed by atoms with Gasteiger partial charge in [-0.1, -0.05) is 0 Å². The van der Waals surface area contributed by atoms with Gasteiger partial charge >= 0.3 is 0 Å². The maximum atomic E-state index is 5.84. The predicted octanol–water partition coefficient (Wildman–Crippen LogP) is 0.259. The van der Waals surface area contributed by atoms with Crippen molar-refractivity contribution in [3.63, 3.8) is 0 Å². The molecule has 0 aliphatic carbocycles. The molecule has 3 nitrogen and oxygen atoms in total. The van der Waals surface area contributed by atoms with E-state index in [4.69, 9.17) is 10.5 Å². The molecule has 0 bridgehead atoms. The van der Waals surface area contributed by atoms with Gasteiger partial charge in [0.25, 0.3) is 0 Å². The molecule has 2 aliphatic rings. The van der Waals surface area contributed by atoms with E-state index in [1.165, 1.54) is 13.0 Å². The van der Waals surface area contributed by atoms with Crippen LogP contribution in [0.25, 0.3) is 0 Å². The Kier molecular flexibility index (Phi) is 2.35. The van der Waals surface area contributed by atoms with Gasteiger partial charge in [-0.3, -0.25) is 4.90 Å². The molecule has 3 unspecified atom stereocenters. The van der Waals surface area contributed by atoms with Crippen molar-refractivity contribution in [3.05, 3.63) is 0 Å². The van der Waals surface area contributed by atoms with Crippen LogP contribution in [0.5, 0.6) is 0 Å². The largest absolute Gasteiger partial charge is 0.381 e. The Balaban J connectivity index is 1.94. The molecular weight excluding hydrogens is 152 g/mol. The second kappa shape index (κ2) is 3.32. The highest BCUT2D eigenvalue weighted by Crippen LogP contribution is 2.30. The van der Waals surface area contributed by atoms with Crippen molar-refractivity contribution >= 4 is 0 Å². The molecule has 12 heavy (non-hydrogen) atoms. The van der Waals surface area contributed by atoms with Gasteiger partial charge in [-0.25, -0.2) is 0 Å². The van der Waals surface area contributed by atoms with Gasteiger partial charge < -0.3 is 10.5 Å². The van der Waals surface area contributed by atoms with E-state index in [0.29, 0.717) is 0 Å². The van der Waals surface area contributed by atoms with Gasteiger partial charge in [0.1, 0.15) is 0 Å². The number of hydrogen-bond acceptors (Lipinski definition) is 3. The van der Waals surface area contributed by atoms with Crippen molar-refractivity contribution in [2.24, 2.45) is 17.6 Å². The molecule has 2 N–H and O–H groups in total. The number of likely N-dealkylation sites (tertiary alicyclic amines) is 1. The Labute approximate surface area is 73.9 Å². The van der Waals surface area contributed by atoms with Crippen LogP contribution in [0.3, 0.4) is 0 Å². The lowest BCUT2D eigenvalue weighted by Gasteiger charge is -2.23. The van der Waals surface area contributed by atoms with Gasteiger partial charge in [-0.2, -0.15) is 0 Å². The topological polar surface area (TPSA) is 38.5 Å². The first-order valence-corrected chi connectivity index (χ1v) is 4.85. The van der Waals surface area contributed by atoms with Crippen LogP contribution in [0.15, 0.2) is 0 Å². The average molecular weight is 170 g/mol. The lowest BCUT2D eigenvalue weighted by molar-refractivity contribution is 0.0369. The molecule has 2 saturated heterocycles. The number of nitrogens with two attached hydrogens (primary N) is 1. The van der Waals surface area contributed by atoms with Crippen LogP contribution in [-0.2, 0) is 4.74 Å². The zero-order valence-corrected chi connectivity index (χ0v) is 7.70. The smallest absolute Gasteiger partial charge is 0.0542 e. The van der Waals surface area contributed by atoms with Crippen LogP contribution < -0.4 is 5.73 Å². The van der Waals surface area contributed by atoms with E-state index in [0.717, 1.165) is 31.6 Å². The number of rotatable bonds is 1. The number of fused-ring (bicyclic) bond motifs is 1. The molecular formula is C9H18N2O. The molecule has 0 saturated carbocycles. The Bertz CT molecular complexity index is 147. The molecule has 2 fully saturated rings. The van der Waals surface area contributed by atoms with Gasteiger partial charge in [0.15, 0.2) is 0 Å². The van der Waals surface area contributed by atoms with Crippen molar-refractivity contribution in [2.75, 3.05) is 26.3 Å². The zero-order chi connectivity index (χ0) is 8.55. The standard InChI is InChI=1S/C9H18N2O/c1-7(10)11-4-8-2-3-12-6-9(8)5-11/h7-9H,2-6,10H2,1H3. The summed E-state index contributed by atoms with van der Waals surface area (Å²) in [5, 5.41) is 0. The van der Waals surface area contributed by atoms with Gasteiger partial charge in [0.05, 0.1) is 12.8 Å². The zero-order valence-electron chi connectivity index (χ0n) is 7.70. The van der Waals surface area contributed by atoms with E-state index in [9.17, 15) is 0 Å². The van der Waals surface area contributed by atoms with Gasteiger partial charge in [0, 0.05) is 19.7 Å². The molecule has 2 heterocycles. The molecule has 2 rings (SSSR count). The summed E-state index contributed by atoms with van der Waals surface area (Å²) in [5.41, 5.74) is 5.84. The normalized spacial score (nSPS) is 39.5. The van der Waals surface area contributed by atoms with E-state index >= 15 is 0 Å². The second-order valence-corrected chi connectivity index (χ2v) is 4.08. The third-order valence-electron chi connectivity index (χ3n) is 3.15. The van der Waals surface area contributed by atoms with E-state index in [1.807, 2.05) is 0 Å². The molecule has 70 valence electrons. The molecule has 0 spiro atoms. The van der Waals surface area contributed by atoms with Gasteiger partial charge in [-0.05, 0) is 25.2 Å². The van der Waals surface area contributed by atoms with E-state index in [2.05, 4.69) is 11.8 Å². The fourth-order valence-electron chi connectivity index (χ4n) is 2.29. The Morgan fingerprint density at radius 1 is 1.42 bits per heavy atom. The summed E-state index contributed by atoms with van der Waals surface area (Å²) in [4.78, 5) is 2.37. The number of hydrogen-bond donors (Lipinski definition) is 1. The van der Waals surface area contributed by atoms with Crippen LogP contribution in [0, 0.1) is 11.8 Å². The predicted molar refractivity (Wildman–Crippen MR) is 47.6 cm³/mol. The minimum atomic E-state index is 0.218. The van der Waals surface area contributed by atoms with Crippen molar-refractivity contribution in [3.8, 4) is 0 Å². The van der Waals surface area contributed by atoms with Crippen molar-refractivity contribution < 1.29 is 4.74 Å². The number of ether oxygens (including phenoxy) is 1. The highest BCUT2D eigenvalue weighted by Gasteiger charge is 2.35. The highest BCUT2D eigenvalue weighted by molar-refractivity contribution is 4.86. The third kappa shape index (κ3) is 1.49. The monoisotopic (exact) mass is 170 g/mol. The Morgan fingerprint density at radius 3 is 2.83 bits per heavy atom. The summed E-state index contributed by atoms with van der Waals surface area (Å²) in [6, 6.07) is 0. The van der Waals surface area contributed by atoms with Crippen molar-refractivity contribution in [2.45, 2.75) is 19.5 Å². The van der Waals surface area contributed by atoms with Crippen LogP contribution in [0.1, 0.15) is 13.3 Å². The summed E-state index contributed by atoms with van der Waals surface area (Å²) < 4.78 is 5.44. The summed E-state index contributed by atoms with van der Waals surface area (Å²) in [6.45, 7) is 6.30. The molecule has 0 aromatic heterocycles. The average Bonchev–Trinajstić information content (AvgIpc) is 2.46. The summed E-state index contributed by atoms with van der Waals surface area (Å²) >= 11 is 0. The van der Waals surface area contributed by atoms with Crippen LogP contribution in [0.2, 0.25) is 0 Å². The first-order chi connectivity index (χ1) is 5.77. The Morgan fingerprint density at radius 2 is 2.17 bits per heavy atom. The first kappa shape index (κ1) is 8.48. The third-order valence-corrected chi connectivity index (χ3v) is 3.15. The quantitative estimate of drug-likeness (QED) is 0.613. The van der Waals surface area contributed by atoms with Gasteiger partial charge in [0.2, 0.25) is 0 Å². The summed E-state index contributed by atoms with van der Waals surface area (Å²) in [6.07, 6.45) is 1.45. The SMILES string of the molecule is CC(N)N1CC2CCOCC2C1. The fraction of sp³-hybridized carbons (Fsp3) is 1.00. The summed E-state index contributed by atoms with van der Waals surface area (Å²) in [5.74, 6) is 1.61. The second-order valence-electron chi connectivity index (χ2n) is 4.08. The Hall–Kier alpha value is -0.120. The molecule has 0 aromatic rings. The molecule has 2 aliphatic heterocycles. The van der Waals surface area contributed by atoms with Crippen molar-refractivity contribution in [1.82, 2.24) is 4.90 Å². The van der Waals surface area contributed by atoms with Crippen LogP contribution in [0.4, 0.5) is 0 Å². The van der Waals surface area contributed by atoms with Crippen LogP contribution in [-0.4, -0.2) is 37.4 Å². The van der Waals surface area contributed by atoms with Crippen molar-refractivity contribution in [1.29, 1.82) is 0 Å². The molecule has 0 aromatic carbocycles. The molecule has 3 heteroatoms. The van der Waals surface area contributed by atoms with E-state index in [1.54, 1.807) is 0 Å². The minimum Gasteiger partial charge on any atom is -0.381 e. The molecule has 0 amide bonds. The lowest BCUT2D eigenvalue weighted by Crippen LogP contribution is -2.38. The summed E-state index contributed by atoms with van der Waals surface area (Å²) in [7, 11) is 0. The number of nitrogens with zero attached hydrogens (tertiary/aromatic N) is 1. The van der Waals surface area contributed by atoms with Gasteiger partial charge in [-0.15, -0.1) is 0 Å². The molecule has 0 radical (unpaired) electrons. The molecule has 3 atom stereocenters. The van der Waals surface area contributed by atoms with Crippen LogP contribution >= 0.6 is 0 Å². The lowest BCUT2D eigenvalue weighted by atomic mass is 9.92. The highest BCUT2D eigenvalue weighted by atomic mass is 16.5. The first-order valence-electron chi connectivity index (χ1n) is 4.85. The maximum Gasteiger partial charge on any atom is 0.0542 e. The van der Waals surface area contributed by atoms with E-state index in [-0.39, 0.29) is 6.17 Å². The maximum absolute atomic E-state index is 5.84. The minimum absolute atomic E-state index is 0.218. The van der Waals surface area contributed by atoms with E-state index < -0.39 is 0 Å². The fourth-order valence-corrected chi connectivity index (χ4v) is 2.29.